The quantitative estimate of drug-likeness (QED) is 0.716. The summed E-state index contributed by atoms with van der Waals surface area (Å²) in [7, 11) is 0. The van der Waals surface area contributed by atoms with Gasteiger partial charge in [-0.15, -0.1) is 11.3 Å². The summed E-state index contributed by atoms with van der Waals surface area (Å²) in [6, 6.07) is 7.40. The number of hydrogen-bond acceptors (Lipinski definition) is 3. The Morgan fingerprint density at radius 1 is 1.31 bits per heavy atom. The maximum absolute atomic E-state index is 10.4. The number of aldehydes is 1. The van der Waals surface area contributed by atoms with E-state index in [1.165, 1.54) is 11.3 Å². The van der Waals surface area contributed by atoms with Crippen LogP contribution in [0.15, 0.2) is 24.3 Å². The van der Waals surface area contributed by atoms with Crippen LogP contribution in [0.4, 0.5) is 5.00 Å². The SMILES string of the molecule is Nc1ccc(-c2ccc(C=O)[nH]2)s1. The highest BCUT2D eigenvalue weighted by atomic mass is 32.1. The first-order valence-corrected chi connectivity index (χ1v) is 4.61. The third kappa shape index (κ3) is 1.48. The van der Waals surface area contributed by atoms with Gasteiger partial charge in [0, 0.05) is 0 Å². The maximum atomic E-state index is 10.4. The molecule has 0 aliphatic carbocycles. The van der Waals surface area contributed by atoms with Gasteiger partial charge in [0.1, 0.15) is 0 Å². The normalized spacial score (nSPS) is 10.2. The Morgan fingerprint density at radius 3 is 2.69 bits per heavy atom. The molecule has 2 rings (SSSR count). The zero-order valence-corrected chi connectivity index (χ0v) is 7.60. The number of nitrogens with one attached hydrogen (secondary N) is 1. The number of anilines is 1. The lowest BCUT2D eigenvalue weighted by molar-refractivity contribution is 0.111. The molecular formula is C9H8N2OS. The van der Waals surface area contributed by atoms with Crippen LogP contribution in [0.25, 0.3) is 10.6 Å². The van der Waals surface area contributed by atoms with Gasteiger partial charge < -0.3 is 10.7 Å². The molecule has 13 heavy (non-hydrogen) atoms. The molecule has 0 aliphatic rings. The molecular weight excluding hydrogens is 184 g/mol. The van der Waals surface area contributed by atoms with E-state index in [1.807, 2.05) is 18.2 Å². The molecule has 0 radical (unpaired) electrons. The van der Waals surface area contributed by atoms with Gasteiger partial charge in [0.2, 0.25) is 0 Å². The van der Waals surface area contributed by atoms with Crippen molar-refractivity contribution in [1.82, 2.24) is 4.98 Å². The van der Waals surface area contributed by atoms with Crippen LogP contribution < -0.4 is 5.73 Å². The molecule has 0 saturated heterocycles. The van der Waals surface area contributed by atoms with E-state index in [-0.39, 0.29) is 0 Å². The van der Waals surface area contributed by atoms with E-state index in [0.29, 0.717) is 5.69 Å². The number of thiophene rings is 1. The lowest BCUT2D eigenvalue weighted by Gasteiger charge is -1.89. The summed E-state index contributed by atoms with van der Waals surface area (Å²) in [6.07, 6.45) is 0.792. The van der Waals surface area contributed by atoms with E-state index in [0.717, 1.165) is 21.9 Å². The number of carbonyl (C=O) groups excluding carboxylic acids is 1. The molecule has 2 aromatic heterocycles. The van der Waals surface area contributed by atoms with Crippen molar-refractivity contribution in [1.29, 1.82) is 0 Å². The summed E-state index contributed by atoms with van der Waals surface area (Å²) >= 11 is 1.50. The minimum absolute atomic E-state index is 0.585. The van der Waals surface area contributed by atoms with Crippen LogP contribution in [-0.2, 0) is 0 Å². The molecule has 3 N–H and O–H groups in total. The number of aromatic amines is 1. The summed E-state index contributed by atoms with van der Waals surface area (Å²) in [4.78, 5) is 14.4. The number of rotatable bonds is 2. The van der Waals surface area contributed by atoms with Crippen molar-refractivity contribution in [2.24, 2.45) is 0 Å². The van der Waals surface area contributed by atoms with Gasteiger partial charge in [-0.1, -0.05) is 0 Å². The van der Waals surface area contributed by atoms with Crippen LogP contribution in [0.5, 0.6) is 0 Å². The molecule has 0 amide bonds. The number of nitrogen functional groups attached to an aromatic ring is 1. The minimum atomic E-state index is 0.585. The van der Waals surface area contributed by atoms with E-state index in [4.69, 9.17) is 5.73 Å². The van der Waals surface area contributed by atoms with Gasteiger partial charge in [0.05, 0.1) is 21.3 Å². The average Bonchev–Trinajstić information content (AvgIpc) is 2.71. The molecule has 2 aromatic rings. The summed E-state index contributed by atoms with van der Waals surface area (Å²) in [5, 5.41) is 0.775. The summed E-state index contributed by atoms with van der Waals surface area (Å²) in [5.74, 6) is 0. The van der Waals surface area contributed by atoms with Crippen molar-refractivity contribution in [2.45, 2.75) is 0 Å². The largest absolute Gasteiger partial charge is 0.391 e. The molecule has 0 atom stereocenters. The van der Waals surface area contributed by atoms with Gasteiger partial charge in [-0.3, -0.25) is 4.79 Å². The zero-order valence-electron chi connectivity index (χ0n) is 6.78. The number of nitrogens with two attached hydrogens (primary N) is 1. The maximum Gasteiger partial charge on any atom is 0.166 e. The van der Waals surface area contributed by atoms with E-state index in [1.54, 1.807) is 6.07 Å². The molecule has 4 heteroatoms. The fourth-order valence-electron chi connectivity index (χ4n) is 1.12. The highest BCUT2D eigenvalue weighted by molar-refractivity contribution is 7.19. The molecule has 0 bridgehead atoms. The van der Waals surface area contributed by atoms with Crippen LogP contribution in [0.3, 0.4) is 0 Å². The van der Waals surface area contributed by atoms with Crippen LogP contribution in [0, 0.1) is 0 Å². The van der Waals surface area contributed by atoms with Crippen molar-refractivity contribution in [3.63, 3.8) is 0 Å². The molecule has 0 fully saturated rings. The molecule has 0 spiro atoms. The fraction of sp³-hybridized carbons (Fsp3) is 0. The summed E-state index contributed by atoms with van der Waals surface area (Å²) in [6.45, 7) is 0. The second kappa shape index (κ2) is 3.06. The summed E-state index contributed by atoms with van der Waals surface area (Å²) in [5.41, 5.74) is 7.11. The van der Waals surface area contributed by atoms with Crippen LogP contribution in [0.2, 0.25) is 0 Å². The standard InChI is InChI=1S/C9H8N2OS/c10-9-4-3-8(13-9)7-2-1-6(5-12)11-7/h1-5,11H,10H2. The van der Waals surface area contributed by atoms with Gasteiger partial charge in [0.15, 0.2) is 6.29 Å². The van der Waals surface area contributed by atoms with E-state index in [2.05, 4.69) is 4.98 Å². The van der Waals surface area contributed by atoms with Crippen molar-refractivity contribution in [3.8, 4) is 10.6 Å². The lowest BCUT2D eigenvalue weighted by Crippen LogP contribution is -1.77. The Hall–Kier alpha value is -1.55. The Kier molecular flexibility index (Phi) is 1.90. The van der Waals surface area contributed by atoms with Crippen LogP contribution >= 0.6 is 11.3 Å². The Labute approximate surface area is 79.2 Å². The first-order chi connectivity index (χ1) is 6.29. The van der Waals surface area contributed by atoms with Crippen molar-refractivity contribution in [3.05, 3.63) is 30.0 Å². The highest BCUT2D eigenvalue weighted by Crippen LogP contribution is 2.28. The van der Waals surface area contributed by atoms with Crippen molar-refractivity contribution < 1.29 is 4.79 Å². The molecule has 0 unspecified atom stereocenters. The Morgan fingerprint density at radius 2 is 2.15 bits per heavy atom. The monoisotopic (exact) mass is 192 g/mol. The average molecular weight is 192 g/mol. The third-order valence-corrected chi connectivity index (χ3v) is 2.68. The zero-order chi connectivity index (χ0) is 9.26. The Balaban J connectivity index is 2.40. The number of aromatic nitrogens is 1. The van der Waals surface area contributed by atoms with Crippen molar-refractivity contribution in [2.75, 3.05) is 5.73 Å². The van der Waals surface area contributed by atoms with Gasteiger partial charge in [-0.05, 0) is 24.3 Å². The third-order valence-electron chi connectivity index (χ3n) is 1.73. The first kappa shape index (κ1) is 8.07. The Bertz CT molecular complexity index is 430. The van der Waals surface area contributed by atoms with Crippen LogP contribution in [-0.4, -0.2) is 11.3 Å². The predicted molar refractivity (Wildman–Crippen MR) is 53.9 cm³/mol. The first-order valence-electron chi connectivity index (χ1n) is 3.79. The topological polar surface area (TPSA) is 58.9 Å². The highest BCUT2D eigenvalue weighted by Gasteiger charge is 2.02. The van der Waals surface area contributed by atoms with Crippen LogP contribution in [0.1, 0.15) is 10.5 Å². The predicted octanol–water partition coefficient (Wildman–Crippen LogP) is 2.14. The smallest absolute Gasteiger partial charge is 0.166 e. The molecule has 2 heterocycles. The molecule has 0 saturated carbocycles. The molecule has 0 aromatic carbocycles. The molecule has 0 aliphatic heterocycles. The molecule has 66 valence electrons. The van der Waals surface area contributed by atoms with Crippen molar-refractivity contribution >= 4 is 22.6 Å². The minimum Gasteiger partial charge on any atom is -0.391 e. The number of hydrogen-bond donors (Lipinski definition) is 2. The molecule has 3 nitrogen and oxygen atoms in total. The van der Waals surface area contributed by atoms with Gasteiger partial charge in [0.25, 0.3) is 0 Å². The van der Waals surface area contributed by atoms with E-state index < -0.39 is 0 Å². The fourth-order valence-corrected chi connectivity index (χ4v) is 1.88. The van der Waals surface area contributed by atoms with Gasteiger partial charge in [-0.25, -0.2) is 0 Å². The van der Waals surface area contributed by atoms with E-state index >= 15 is 0 Å². The van der Waals surface area contributed by atoms with E-state index in [9.17, 15) is 4.79 Å². The van der Waals surface area contributed by atoms with Gasteiger partial charge in [-0.2, -0.15) is 0 Å². The number of H-pyrrole nitrogens is 1. The second-order valence-electron chi connectivity index (χ2n) is 2.65. The van der Waals surface area contributed by atoms with Gasteiger partial charge >= 0.3 is 0 Å². The number of carbonyl (C=O) groups is 1. The second-order valence-corrected chi connectivity index (χ2v) is 3.76. The summed E-state index contributed by atoms with van der Waals surface area (Å²) < 4.78 is 0. The lowest BCUT2D eigenvalue weighted by atomic mass is 10.3.